The number of nitrogens with zero attached hydrogens (tertiary/aromatic N) is 1. The number of esters is 1. The van der Waals surface area contributed by atoms with E-state index in [4.69, 9.17) is 4.74 Å². The number of ether oxygens (including phenoxy) is 1. The lowest BCUT2D eigenvalue weighted by molar-refractivity contribution is -0.149. The third-order valence-electron chi connectivity index (χ3n) is 4.18. The first kappa shape index (κ1) is 11.7. The molecule has 3 rings (SSSR count). The van der Waals surface area contributed by atoms with Crippen molar-refractivity contribution in [3.63, 3.8) is 0 Å². The van der Waals surface area contributed by atoms with Crippen LogP contribution in [-0.4, -0.2) is 43.7 Å². The summed E-state index contributed by atoms with van der Waals surface area (Å²) in [7, 11) is 3.52. The smallest absolute Gasteiger partial charge is 0.328 e. The Labute approximate surface area is 107 Å². The fourth-order valence-corrected chi connectivity index (χ4v) is 3.36. The maximum atomic E-state index is 12.2. The zero-order valence-electron chi connectivity index (χ0n) is 10.8. The molecule has 0 bridgehead atoms. The third-order valence-corrected chi connectivity index (χ3v) is 4.18. The molecule has 0 amide bonds. The van der Waals surface area contributed by atoms with Crippen LogP contribution >= 0.6 is 0 Å². The first-order valence-corrected chi connectivity index (χ1v) is 6.27. The van der Waals surface area contributed by atoms with Gasteiger partial charge in [-0.2, -0.15) is 0 Å². The number of carbonyl (C=O) groups excluding carboxylic acids is 1. The summed E-state index contributed by atoms with van der Waals surface area (Å²) in [4.78, 5) is 14.4. The first-order chi connectivity index (χ1) is 8.67. The molecule has 0 unspecified atom stereocenters. The van der Waals surface area contributed by atoms with Gasteiger partial charge in [-0.05, 0) is 18.2 Å². The van der Waals surface area contributed by atoms with Crippen molar-refractivity contribution in [3.05, 3.63) is 35.4 Å². The van der Waals surface area contributed by atoms with Crippen molar-refractivity contribution < 1.29 is 9.53 Å². The van der Waals surface area contributed by atoms with Gasteiger partial charge in [0, 0.05) is 25.6 Å². The van der Waals surface area contributed by atoms with Crippen molar-refractivity contribution >= 4 is 5.97 Å². The summed E-state index contributed by atoms with van der Waals surface area (Å²) >= 11 is 0. The number of likely N-dealkylation sites (N-methyl/N-ethyl adjacent to an activating group) is 1. The normalized spacial score (nSPS) is 30.7. The van der Waals surface area contributed by atoms with E-state index in [0.717, 1.165) is 13.1 Å². The Kier molecular flexibility index (Phi) is 2.64. The van der Waals surface area contributed by atoms with Gasteiger partial charge in [0.2, 0.25) is 0 Å². The number of likely N-dealkylation sites (tertiary alicyclic amines) is 1. The number of methoxy groups -OCH3 is 1. The topological polar surface area (TPSA) is 41.6 Å². The molecule has 2 heterocycles. The molecule has 0 radical (unpaired) electrons. The minimum atomic E-state index is -0.572. The second-order valence-corrected chi connectivity index (χ2v) is 5.26. The fourth-order valence-electron chi connectivity index (χ4n) is 3.36. The summed E-state index contributed by atoms with van der Waals surface area (Å²) in [6.07, 6.45) is 0. The summed E-state index contributed by atoms with van der Waals surface area (Å²) < 4.78 is 5.03. The van der Waals surface area contributed by atoms with E-state index in [1.807, 2.05) is 19.2 Å². The highest BCUT2D eigenvalue weighted by Crippen LogP contribution is 2.41. The maximum absolute atomic E-state index is 12.2. The van der Waals surface area contributed by atoms with E-state index in [9.17, 15) is 4.79 Å². The molecule has 1 saturated heterocycles. The monoisotopic (exact) mass is 246 g/mol. The van der Waals surface area contributed by atoms with Gasteiger partial charge in [-0.1, -0.05) is 24.3 Å². The molecular formula is C14H18N2O2. The Balaban J connectivity index is 2.08. The molecule has 1 N–H and O–H groups in total. The number of rotatable bonds is 1. The Bertz CT molecular complexity index is 488. The second kappa shape index (κ2) is 4.07. The highest BCUT2D eigenvalue weighted by Gasteiger charge is 2.54. The first-order valence-electron chi connectivity index (χ1n) is 6.27. The molecule has 0 aliphatic carbocycles. The Hall–Kier alpha value is -1.39. The lowest BCUT2D eigenvalue weighted by Gasteiger charge is -2.38. The maximum Gasteiger partial charge on any atom is 0.328 e. The van der Waals surface area contributed by atoms with E-state index in [0.29, 0.717) is 6.54 Å². The van der Waals surface area contributed by atoms with Crippen molar-refractivity contribution in [2.45, 2.75) is 18.0 Å². The molecule has 2 atom stereocenters. The summed E-state index contributed by atoms with van der Waals surface area (Å²) in [6.45, 7) is 2.33. The fraction of sp³-hybridized carbons (Fsp3) is 0.500. The minimum Gasteiger partial charge on any atom is -0.468 e. The molecule has 0 saturated carbocycles. The highest BCUT2D eigenvalue weighted by molar-refractivity contribution is 5.84. The van der Waals surface area contributed by atoms with Crippen LogP contribution in [-0.2, 0) is 16.1 Å². The molecular weight excluding hydrogens is 228 g/mol. The van der Waals surface area contributed by atoms with Crippen LogP contribution < -0.4 is 5.32 Å². The van der Waals surface area contributed by atoms with Crippen LogP contribution in [0.15, 0.2) is 24.3 Å². The highest BCUT2D eigenvalue weighted by atomic mass is 16.5. The summed E-state index contributed by atoms with van der Waals surface area (Å²) in [5.74, 6) is 0.0336. The standard InChI is InChI=1S/C14H18N2O2/c1-16-8-12-11-6-4-3-5-10(11)7-15-14(12,9-16)13(17)18-2/h3-6,12,15H,7-9H2,1-2H3/t12-,14-/m0/s1. The number of hydrogen-bond acceptors (Lipinski definition) is 4. The minimum absolute atomic E-state index is 0.147. The van der Waals surface area contributed by atoms with Crippen LogP contribution in [0, 0.1) is 0 Å². The largest absolute Gasteiger partial charge is 0.468 e. The quantitative estimate of drug-likeness (QED) is 0.742. The van der Waals surface area contributed by atoms with Gasteiger partial charge in [0.25, 0.3) is 0 Å². The van der Waals surface area contributed by atoms with Crippen LogP contribution in [0.2, 0.25) is 0 Å². The third kappa shape index (κ3) is 1.49. The lowest BCUT2D eigenvalue weighted by atomic mass is 9.77. The zero-order valence-corrected chi connectivity index (χ0v) is 10.8. The number of benzene rings is 1. The molecule has 18 heavy (non-hydrogen) atoms. The van der Waals surface area contributed by atoms with E-state index >= 15 is 0 Å². The average molecular weight is 246 g/mol. The molecule has 1 aromatic rings. The molecule has 1 fully saturated rings. The summed E-state index contributed by atoms with van der Waals surface area (Å²) in [5, 5.41) is 3.42. The van der Waals surface area contributed by atoms with Crippen LogP contribution in [0.25, 0.3) is 0 Å². The average Bonchev–Trinajstić information content (AvgIpc) is 2.75. The van der Waals surface area contributed by atoms with Gasteiger partial charge in [-0.3, -0.25) is 5.32 Å². The Morgan fingerprint density at radius 3 is 3.06 bits per heavy atom. The van der Waals surface area contributed by atoms with E-state index in [-0.39, 0.29) is 11.9 Å². The van der Waals surface area contributed by atoms with Crippen LogP contribution in [0.5, 0.6) is 0 Å². The van der Waals surface area contributed by atoms with Gasteiger partial charge >= 0.3 is 5.97 Å². The number of nitrogens with one attached hydrogen (secondary N) is 1. The van der Waals surface area contributed by atoms with E-state index < -0.39 is 5.54 Å². The Morgan fingerprint density at radius 1 is 1.50 bits per heavy atom. The van der Waals surface area contributed by atoms with Crippen molar-refractivity contribution in [1.29, 1.82) is 0 Å². The molecule has 96 valence electrons. The second-order valence-electron chi connectivity index (χ2n) is 5.26. The van der Waals surface area contributed by atoms with E-state index in [1.54, 1.807) is 0 Å². The van der Waals surface area contributed by atoms with Crippen molar-refractivity contribution in [2.75, 3.05) is 27.2 Å². The van der Waals surface area contributed by atoms with Gasteiger partial charge in [0.05, 0.1) is 7.11 Å². The van der Waals surface area contributed by atoms with Gasteiger partial charge in [-0.25, -0.2) is 4.79 Å². The van der Waals surface area contributed by atoms with E-state index in [1.165, 1.54) is 18.2 Å². The predicted octanol–water partition coefficient (Wildman–Crippen LogP) is 0.731. The molecule has 0 aromatic heterocycles. The van der Waals surface area contributed by atoms with Gasteiger partial charge in [0.15, 0.2) is 0 Å². The molecule has 2 aliphatic rings. The van der Waals surface area contributed by atoms with Gasteiger partial charge < -0.3 is 9.64 Å². The summed E-state index contributed by atoms with van der Waals surface area (Å²) in [5.41, 5.74) is 2.00. The predicted molar refractivity (Wildman–Crippen MR) is 68.3 cm³/mol. The van der Waals surface area contributed by atoms with Crippen molar-refractivity contribution in [2.24, 2.45) is 0 Å². The van der Waals surface area contributed by atoms with Crippen LogP contribution in [0.1, 0.15) is 17.0 Å². The van der Waals surface area contributed by atoms with E-state index in [2.05, 4.69) is 22.3 Å². The van der Waals surface area contributed by atoms with Crippen LogP contribution in [0.4, 0.5) is 0 Å². The number of carbonyl (C=O) groups is 1. The Morgan fingerprint density at radius 2 is 2.28 bits per heavy atom. The van der Waals surface area contributed by atoms with Crippen molar-refractivity contribution in [3.8, 4) is 0 Å². The molecule has 4 heteroatoms. The van der Waals surface area contributed by atoms with Crippen molar-refractivity contribution in [1.82, 2.24) is 10.2 Å². The SMILES string of the molecule is COC(=O)[C@]12CN(C)C[C@H]1c1ccccc1CN2. The lowest BCUT2D eigenvalue weighted by Crippen LogP contribution is -2.59. The summed E-state index contributed by atoms with van der Waals surface area (Å²) in [6, 6.07) is 8.36. The zero-order chi connectivity index (χ0) is 12.8. The van der Waals surface area contributed by atoms with Gasteiger partial charge in [-0.15, -0.1) is 0 Å². The molecule has 0 spiro atoms. The number of hydrogen-bond donors (Lipinski definition) is 1. The van der Waals surface area contributed by atoms with Gasteiger partial charge in [0.1, 0.15) is 5.54 Å². The molecule has 2 aliphatic heterocycles. The van der Waals surface area contributed by atoms with Crippen LogP contribution in [0.3, 0.4) is 0 Å². The molecule has 1 aromatic carbocycles. The number of fused-ring (bicyclic) bond motifs is 3. The molecule has 4 nitrogen and oxygen atoms in total.